The maximum Gasteiger partial charge on any atom is 0.418 e. The summed E-state index contributed by atoms with van der Waals surface area (Å²) in [6.45, 7) is 0. The minimum absolute atomic E-state index is 0.0989. The predicted octanol–water partition coefficient (Wildman–Crippen LogP) is 6.80. The van der Waals surface area contributed by atoms with E-state index in [0.717, 1.165) is 50.7 Å². The second-order valence-corrected chi connectivity index (χ2v) is 10.5. The fourth-order valence-corrected chi connectivity index (χ4v) is 6.72. The molecule has 4 fully saturated rings. The van der Waals surface area contributed by atoms with E-state index in [1.165, 1.54) is 6.07 Å². The zero-order chi connectivity index (χ0) is 24.1. The lowest BCUT2D eigenvalue weighted by Crippen LogP contribution is -2.51. The van der Waals surface area contributed by atoms with Crippen LogP contribution in [0.25, 0.3) is 0 Å². The van der Waals surface area contributed by atoms with E-state index < -0.39 is 40.8 Å². The number of nitrogens with one attached hydrogen (secondary N) is 1. The standard InChI is InChI=1S/C26H25ClF3NO3/c27-19-6-7-21(20(11-19)26(28,29)30)31-23(32)22(18-4-2-1-3-5-18)34-24(33)25-12-15-8-16(13-25)10-17(9-15)14-25/h1-7,11,15-17,22H,8-10,12-14H2,(H,31,32)/t15?,16?,17?,22-,25?/m1/s1. The zero-order valence-electron chi connectivity index (χ0n) is 18.4. The maximum atomic E-state index is 13.5. The number of carbonyl (C=O) groups excluding carboxylic acids is 2. The van der Waals surface area contributed by atoms with Gasteiger partial charge in [0.2, 0.25) is 6.10 Å². The first kappa shape index (κ1) is 23.2. The summed E-state index contributed by atoms with van der Waals surface area (Å²) in [4.78, 5) is 26.8. The molecule has 0 unspecified atom stereocenters. The number of benzene rings is 2. The predicted molar refractivity (Wildman–Crippen MR) is 121 cm³/mol. The molecule has 34 heavy (non-hydrogen) atoms. The molecule has 0 heterocycles. The number of carbonyl (C=O) groups is 2. The highest BCUT2D eigenvalue weighted by Gasteiger charge is 2.56. The van der Waals surface area contributed by atoms with Gasteiger partial charge in [-0.2, -0.15) is 13.2 Å². The smallest absolute Gasteiger partial charge is 0.418 e. The summed E-state index contributed by atoms with van der Waals surface area (Å²) in [5.74, 6) is 0.267. The molecule has 0 aliphatic heterocycles. The largest absolute Gasteiger partial charge is 0.447 e. The van der Waals surface area contributed by atoms with Gasteiger partial charge in [0.1, 0.15) is 0 Å². The third-order valence-corrected chi connectivity index (χ3v) is 7.82. The van der Waals surface area contributed by atoms with Crippen molar-refractivity contribution in [2.45, 2.75) is 50.8 Å². The molecule has 1 N–H and O–H groups in total. The topological polar surface area (TPSA) is 55.4 Å². The number of alkyl halides is 3. The number of hydrogen-bond acceptors (Lipinski definition) is 3. The SMILES string of the molecule is O=C(Nc1ccc(Cl)cc1C(F)(F)F)[C@H](OC(=O)C12CC3CC(CC(C3)C1)C2)c1ccccc1. The van der Waals surface area contributed by atoms with E-state index in [4.69, 9.17) is 16.3 Å². The van der Waals surface area contributed by atoms with Crippen molar-refractivity contribution in [3.05, 3.63) is 64.7 Å². The van der Waals surface area contributed by atoms with Crippen molar-refractivity contribution in [2.75, 3.05) is 5.32 Å². The first-order valence-electron chi connectivity index (χ1n) is 11.6. The summed E-state index contributed by atoms with van der Waals surface area (Å²) < 4.78 is 46.5. The molecule has 4 saturated carbocycles. The number of halogens is 4. The summed E-state index contributed by atoms with van der Waals surface area (Å²) in [7, 11) is 0. The van der Waals surface area contributed by atoms with E-state index in [-0.39, 0.29) is 5.02 Å². The van der Waals surface area contributed by atoms with Crippen LogP contribution < -0.4 is 5.32 Å². The monoisotopic (exact) mass is 491 g/mol. The van der Waals surface area contributed by atoms with Crippen molar-refractivity contribution in [3.63, 3.8) is 0 Å². The second kappa shape index (κ2) is 8.59. The van der Waals surface area contributed by atoms with Crippen LogP contribution in [-0.2, 0) is 20.5 Å². The lowest BCUT2D eigenvalue weighted by atomic mass is 9.49. The Kier molecular flexibility index (Phi) is 5.87. The number of anilines is 1. The van der Waals surface area contributed by atoms with Crippen LogP contribution in [0.2, 0.25) is 5.02 Å². The van der Waals surface area contributed by atoms with E-state index >= 15 is 0 Å². The van der Waals surface area contributed by atoms with Crippen molar-refractivity contribution in [3.8, 4) is 0 Å². The van der Waals surface area contributed by atoms with E-state index in [1.54, 1.807) is 30.3 Å². The molecule has 4 aliphatic carbocycles. The maximum absolute atomic E-state index is 13.5. The third kappa shape index (κ3) is 4.42. The van der Waals surface area contributed by atoms with Gasteiger partial charge in [0.25, 0.3) is 5.91 Å². The average Bonchev–Trinajstić information content (AvgIpc) is 2.77. The van der Waals surface area contributed by atoms with Gasteiger partial charge in [-0.25, -0.2) is 0 Å². The highest BCUT2D eigenvalue weighted by Crippen LogP contribution is 2.60. The van der Waals surface area contributed by atoms with Crippen LogP contribution in [0.1, 0.15) is 55.8 Å². The van der Waals surface area contributed by atoms with Gasteiger partial charge in [-0.1, -0.05) is 41.9 Å². The number of rotatable bonds is 5. The van der Waals surface area contributed by atoms with E-state index in [9.17, 15) is 22.8 Å². The molecule has 0 saturated heterocycles. The summed E-state index contributed by atoms with van der Waals surface area (Å²) in [6, 6.07) is 11.5. The van der Waals surface area contributed by atoms with Crippen molar-refractivity contribution in [1.29, 1.82) is 0 Å². The minimum atomic E-state index is -4.72. The Bertz CT molecular complexity index is 1070. The van der Waals surface area contributed by atoms with Gasteiger partial charge in [0, 0.05) is 10.6 Å². The van der Waals surface area contributed by atoms with Crippen LogP contribution in [0.15, 0.2) is 48.5 Å². The molecule has 1 amide bonds. The van der Waals surface area contributed by atoms with E-state index in [2.05, 4.69) is 5.32 Å². The van der Waals surface area contributed by atoms with Crippen molar-refractivity contribution in [1.82, 2.24) is 0 Å². The molecular weight excluding hydrogens is 467 g/mol. The molecule has 0 aromatic heterocycles. The number of amides is 1. The highest BCUT2D eigenvalue weighted by atomic mass is 35.5. The summed E-state index contributed by atoms with van der Waals surface area (Å²) in [6.07, 6.45) is -0.364. The van der Waals surface area contributed by atoms with Gasteiger partial charge >= 0.3 is 12.1 Å². The third-order valence-electron chi connectivity index (χ3n) is 7.58. The Morgan fingerprint density at radius 1 is 0.971 bits per heavy atom. The fourth-order valence-electron chi connectivity index (χ4n) is 6.55. The van der Waals surface area contributed by atoms with Gasteiger partial charge in [0.15, 0.2) is 0 Å². The lowest BCUT2D eigenvalue weighted by Gasteiger charge is -2.55. The van der Waals surface area contributed by atoms with Gasteiger partial charge in [-0.05, 0) is 74.5 Å². The molecule has 4 nitrogen and oxygen atoms in total. The Balaban J connectivity index is 1.42. The average molecular weight is 492 g/mol. The number of esters is 1. The van der Waals surface area contributed by atoms with Gasteiger partial charge < -0.3 is 10.1 Å². The first-order chi connectivity index (χ1) is 16.1. The Hall–Kier alpha value is -2.54. The van der Waals surface area contributed by atoms with Gasteiger partial charge in [-0.3, -0.25) is 9.59 Å². The molecule has 0 radical (unpaired) electrons. The molecular formula is C26H25ClF3NO3. The van der Waals surface area contributed by atoms with Gasteiger partial charge in [0.05, 0.1) is 16.7 Å². The second-order valence-electron chi connectivity index (χ2n) is 10.1. The minimum Gasteiger partial charge on any atom is -0.447 e. The molecule has 2 aromatic carbocycles. The molecule has 0 spiro atoms. The first-order valence-corrected chi connectivity index (χ1v) is 11.9. The molecule has 2 aromatic rings. The molecule has 8 heteroatoms. The number of hydrogen-bond donors (Lipinski definition) is 1. The molecule has 4 bridgehead atoms. The summed E-state index contributed by atoms with van der Waals surface area (Å²) in [5, 5.41) is 2.23. The van der Waals surface area contributed by atoms with Crippen molar-refractivity contribution >= 4 is 29.2 Å². The normalized spacial score (nSPS) is 28.4. The molecule has 4 aliphatic rings. The van der Waals surface area contributed by atoms with Crippen molar-refractivity contribution < 1.29 is 27.5 Å². The summed E-state index contributed by atoms with van der Waals surface area (Å²) >= 11 is 5.75. The van der Waals surface area contributed by atoms with Crippen LogP contribution in [0, 0.1) is 23.2 Å². The van der Waals surface area contributed by atoms with Crippen LogP contribution >= 0.6 is 11.6 Å². The fraction of sp³-hybridized carbons (Fsp3) is 0.462. The molecule has 1 atom stereocenters. The lowest BCUT2D eigenvalue weighted by molar-refractivity contribution is -0.179. The number of ether oxygens (including phenoxy) is 1. The highest BCUT2D eigenvalue weighted by molar-refractivity contribution is 6.30. The molecule has 180 valence electrons. The van der Waals surface area contributed by atoms with Crippen LogP contribution in [0.4, 0.5) is 18.9 Å². The quantitative estimate of drug-likeness (QED) is 0.468. The molecule has 6 rings (SSSR count). The zero-order valence-corrected chi connectivity index (χ0v) is 19.2. The van der Waals surface area contributed by atoms with E-state index in [0.29, 0.717) is 23.3 Å². The van der Waals surface area contributed by atoms with Crippen molar-refractivity contribution in [2.24, 2.45) is 23.2 Å². The Labute approximate surface area is 200 Å². The van der Waals surface area contributed by atoms with E-state index in [1.807, 2.05) is 0 Å². The van der Waals surface area contributed by atoms with Crippen LogP contribution in [0.3, 0.4) is 0 Å². The van der Waals surface area contributed by atoms with Crippen LogP contribution in [0.5, 0.6) is 0 Å². The Morgan fingerprint density at radius 2 is 1.56 bits per heavy atom. The summed E-state index contributed by atoms with van der Waals surface area (Å²) in [5.41, 5.74) is -1.69. The van der Waals surface area contributed by atoms with Gasteiger partial charge in [-0.15, -0.1) is 0 Å². The Morgan fingerprint density at radius 3 is 2.12 bits per heavy atom. The van der Waals surface area contributed by atoms with Crippen LogP contribution in [-0.4, -0.2) is 11.9 Å².